The molecule has 1 aromatic heterocycles. The Labute approximate surface area is 72.0 Å². The Morgan fingerprint density at radius 1 is 1.77 bits per heavy atom. The quantitative estimate of drug-likeness (QED) is 0.749. The summed E-state index contributed by atoms with van der Waals surface area (Å²) in [5, 5.41) is 14.7. The largest absolute Gasteiger partial charge is 0.481 e. The van der Waals surface area contributed by atoms with Crippen LogP contribution in [0.3, 0.4) is 0 Å². The number of aliphatic carboxylic acids is 1. The highest BCUT2D eigenvalue weighted by molar-refractivity contribution is 5.68. The zero-order valence-electron chi connectivity index (χ0n) is 6.74. The van der Waals surface area contributed by atoms with Gasteiger partial charge in [-0.3, -0.25) is 4.79 Å². The zero-order valence-corrected chi connectivity index (χ0v) is 6.74. The third kappa shape index (κ3) is 1.98. The number of hydrogen-bond acceptors (Lipinski definition) is 3. The molecular formula is C6H7F2N3O2. The van der Waals surface area contributed by atoms with E-state index >= 15 is 0 Å². The van der Waals surface area contributed by atoms with Crippen LogP contribution in [0.2, 0.25) is 0 Å². The molecule has 0 bridgehead atoms. The van der Waals surface area contributed by atoms with Gasteiger partial charge in [0, 0.05) is 7.05 Å². The van der Waals surface area contributed by atoms with E-state index in [0.29, 0.717) is 0 Å². The second-order valence-corrected chi connectivity index (χ2v) is 2.52. The first-order valence-corrected chi connectivity index (χ1v) is 3.38. The number of carboxylic acid groups (broad SMARTS) is 1. The molecule has 0 aliphatic rings. The number of hydrogen-bond donors (Lipinski definition) is 1. The number of aromatic nitrogens is 3. The minimum atomic E-state index is -3.43. The molecule has 1 N–H and O–H groups in total. The molecule has 0 aliphatic heterocycles. The Morgan fingerprint density at radius 3 is 2.77 bits per heavy atom. The Hall–Kier alpha value is -1.53. The molecule has 0 spiro atoms. The van der Waals surface area contributed by atoms with Gasteiger partial charge in [0.05, 0.1) is 6.20 Å². The van der Waals surface area contributed by atoms with Crippen molar-refractivity contribution in [2.45, 2.75) is 12.3 Å². The third-order valence-electron chi connectivity index (χ3n) is 1.46. The molecule has 0 amide bonds. The van der Waals surface area contributed by atoms with Gasteiger partial charge in [-0.05, 0) is 0 Å². The predicted molar refractivity (Wildman–Crippen MR) is 37.1 cm³/mol. The molecule has 0 fully saturated rings. The smallest absolute Gasteiger partial charge is 0.309 e. The molecule has 0 radical (unpaired) electrons. The van der Waals surface area contributed by atoms with Crippen LogP contribution >= 0.6 is 0 Å². The van der Waals surface area contributed by atoms with Crippen LogP contribution in [0.5, 0.6) is 0 Å². The van der Waals surface area contributed by atoms with Gasteiger partial charge in [-0.1, -0.05) is 5.21 Å². The van der Waals surface area contributed by atoms with Gasteiger partial charge in [-0.25, -0.2) is 4.68 Å². The first-order valence-electron chi connectivity index (χ1n) is 3.38. The molecule has 5 nitrogen and oxygen atoms in total. The van der Waals surface area contributed by atoms with Gasteiger partial charge in [0.15, 0.2) is 0 Å². The van der Waals surface area contributed by atoms with E-state index in [1.807, 2.05) is 0 Å². The van der Waals surface area contributed by atoms with Crippen LogP contribution < -0.4 is 0 Å². The standard InChI is InChI=1S/C6H7F2N3O2/c1-11-4(3-9-10-11)6(7,8)2-5(12)13/h3H,2H2,1H3,(H,12,13). The Kier molecular flexibility index (Phi) is 2.26. The summed E-state index contributed by atoms with van der Waals surface area (Å²) in [7, 11) is 1.28. The van der Waals surface area contributed by atoms with E-state index < -0.39 is 24.0 Å². The molecule has 72 valence electrons. The number of alkyl halides is 2. The van der Waals surface area contributed by atoms with E-state index in [9.17, 15) is 13.6 Å². The summed E-state index contributed by atoms with van der Waals surface area (Å²) >= 11 is 0. The van der Waals surface area contributed by atoms with Gasteiger partial charge in [0.2, 0.25) is 0 Å². The fourth-order valence-corrected chi connectivity index (χ4v) is 0.901. The van der Waals surface area contributed by atoms with Crippen molar-refractivity contribution in [3.63, 3.8) is 0 Å². The molecule has 1 heterocycles. The van der Waals surface area contributed by atoms with Crippen molar-refractivity contribution < 1.29 is 18.7 Å². The van der Waals surface area contributed by atoms with Crippen LogP contribution in [0.1, 0.15) is 12.1 Å². The highest BCUT2D eigenvalue weighted by atomic mass is 19.3. The summed E-state index contributed by atoms with van der Waals surface area (Å²) < 4.78 is 26.9. The van der Waals surface area contributed by atoms with Gasteiger partial charge in [-0.15, -0.1) is 5.10 Å². The van der Waals surface area contributed by atoms with E-state index in [1.165, 1.54) is 7.05 Å². The number of nitrogens with zero attached hydrogens (tertiary/aromatic N) is 3. The van der Waals surface area contributed by atoms with Crippen molar-refractivity contribution in [3.05, 3.63) is 11.9 Å². The van der Waals surface area contributed by atoms with Crippen LogP contribution in [0.25, 0.3) is 0 Å². The van der Waals surface area contributed by atoms with Crippen molar-refractivity contribution in [3.8, 4) is 0 Å². The Morgan fingerprint density at radius 2 is 2.38 bits per heavy atom. The summed E-state index contributed by atoms with van der Waals surface area (Å²) in [6, 6.07) is 0. The molecule has 1 aromatic rings. The number of halogens is 2. The van der Waals surface area contributed by atoms with E-state index in [2.05, 4.69) is 10.3 Å². The lowest BCUT2D eigenvalue weighted by atomic mass is 10.2. The van der Waals surface area contributed by atoms with Crippen molar-refractivity contribution >= 4 is 5.97 Å². The Balaban J connectivity index is 2.93. The minimum Gasteiger partial charge on any atom is -0.481 e. The molecule has 1 rings (SSSR count). The van der Waals surface area contributed by atoms with Gasteiger partial charge < -0.3 is 5.11 Å². The lowest BCUT2D eigenvalue weighted by Crippen LogP contribution is -2.21. The molecule has 0 aromatic carbocycles. The maximum absolute atomic E-state index is 13.0. The molecule has 0 saturated heterocycles. The van der Waals surface area contributed by atoms with E-state index in [0.717, 1.165) is 10.9 Å². The maximum Gasteiger partial charge on any atom is 0.309 e. The summed E-state index contributed by atoms with van der Waals surface area (Å²) in [4.78, 5) is 10.1. The summed E-state index contributed by atoms with van der Waals surface area (Å²) in [6.07, 6.45) is -0.406. The number of rotatable bonds is 3. The van der Waals surface area contributed by atoms with Crippen LogP contribution in [-0.2, 0) is 17.8 Å². The molecule has 0 aliphatic carbocycles. The molecule has 0 atom stereocenters. The average molecular weight is 191 g/mol. The van der Waals surface area contributed by atoms with Gasteiger partial charge >= 0.3 is 11.9 Å². The fraction of sp³-hybridized carbons (Fsp3) is 0.500. The topological polar surface area (TPSA) is 68.0 Å². The highest BCUT2D eigenvalue weighted by Gasteiger charge is 2.37. The second-order valence-electron chi connectivity index (χ2n) is 2.52. The number of carboxylic acids is 1. The number of carbonyl (C=O) groups is 1. The van der Waals surface area contributed by atoms with Crippen molar-refractivity contribution in [1.29, 1.82) is 0 Å². The average Bonchev–Trinajstić information content (AvgIpc) is 2.32. The van der Waals surface area contributed by atoms with Crippen molar-refractivity contribution in [2.75, 3.05) is 0 Å². The minimum absolute atomic E-state index is 0.505. The van der Waals surface area contributed by atoms with Crippen LogP contribution in [0.15, 0.2) is 6.20 Å². The lowest BCUT2D eigenvalue weighted by molar-refractivity contribution is -0.146. The van der Waals surface area contributed by atoms with Gasteiger partial charge in [-0.2, -0.15) is 8.78 Å². The SMILES string of the molecule is Cn1nncc1C(F)(F)CC(=O)O. The second kappa shape index (κ2) is 3.08. The van der Waals surface area contributed by atoms with E-state index in [4.69, 9.17) is 5.11 Å². The summed E-state index contributed by atoms with van der Waals surface area (Å²) in [6.45, 7) is 0. The monoisotopic (exact) mass is 191 g/mol. The zero-order chi connectivity index (χ0) is 10.1. The van der Waals surface area contributed by atoms with Crippen LogP contribution in [-0.4, -0.2) is 26.1 Å². The molecule has 0 unspecified atom stereocenters. The predicted octanol–water partition coefficient (Wildman–Crippen LogP) is 0.382. The maximum atomic E-state index is 13.0. The number of aryl methyl sites for hydroxylation is 1. The summed E-state index contributed by atoms with van der Waals surface area (Å²) in [5.74, 6) is -4.99. The van der Waals surface area contributed by atoms with E-state index in [1.54, 1.807) is 0 Å². The van der Waals surface area contributed by atoms with Crippen LogP contribution in [0, 0.1) is 0 Å². The molecule has 13 heavy (non-hydrogen) atoms. The van der Waals surface area contributed by atoms with Crippen molar-refractivity contribution in [2.24, 2.45) is 7.05 Å². The Bertz CT molecular complexity index is 323. The first kappa shape index (κ1) is 9.56. The highest BCUT2D eigenvalue weighted by Crippen LogP contribution is 2.30. The van der Waals surface area contributed by atoms with Gasteiger partial charge in [0.1, 0.15) is 12.1 Å². The summed E-state index contributed by atoms with van der Waals surface area (Å²) in [5.41, 5.74) is -0.505. The normalized spacial score (nSPS) is 11.6. The third-order valence-corrected chi connectivity index (χ3v) is 1.46. The van der Waals surface area contributed by atoms with Crippen LogP contribution in [0.4, 0.5) is 8.78 Å². The molecule has 7 heteroatoms. The van der Waals surface area contributed by atoms with Gasteiger partial charge in [0.25, 0.3) is 0 Å². The fourth-order valence-electron chi connectivity index (χ4n) is 0.901. The first-order chi connectivity index (χ1) is 5.93. The van der Waals surface area contributed by atoms with E-state index in [-0.39, 0.29) is 0 Å². The molecular weight excluding hydrogens is 184 g/mol. The molecule has 0 saturated carbocycles. The lowest BCUT2D eigenvalue weighted by Gasteiger charge is -2.12. The van der Waals surface area contributed by atoms with Crippen molar-refractivity contribution in [1.82, 2.24) is 15.0 Å².